The van der Waals surface area contributed by atoms with E-state index in [1.165, 1.54) is 11.1 Å². The Morgan fingerprint density at radius 2 is 2.24 bits per heavy atom. The number of aryl methyl sites for hydroxylation is 1. The van der Waals surface area contributed by atoms with Gasteiger partial charge in [0.2, 0.25) is 0 Å². The second kappa shape index (κ2) is 5.28. The van der Waals surface area contributed by atoms with Crippen molar-refractivity contribution in [2.45, 2.75) is 39.0 Å². The van der Waals surface area contributed by atoms with Gasteiger partial charge in [0.1, 0.15) is 5.75 Å². The average Bonchev–Trinajstić information content (AvgIpc) is 2.49. The van der Waals surface area contributed by atoms with Gasteiger partial charge in [-0.2, -0.15) is 0 Å². The van der Waals surface area contributed by atoms with Crippen molar-refractivity contribution in [3.63, 3.8) is 0 Å². The zero-order chi connectivity index (χ0) is 12.4. The first kappa shape index (κ1) is 12.7. The fourth-order valence-electron chi connectivity index (χ4n) is 2.71. The molecule has 1 atom stereocenters. The summed E-state index contributed by atoms with van der Waals surface area (Å²) in [6.45, 7) is 5.64. The van der Waals surface area contributed by atoms with Crippen molar-refractivity contribution in [3.05, 3.63) is 27.8 Å². The van der Waals surface area contributed by atoms with Crippen LogP contribution in [0, 0.1) is 13.8 Å². The summed E-state index contributed by atoms with van der Waals surface area (Å²) in [5, 5.41) is 0.872. The number of hydrogen-bond acceptors (Lipinski definition) is 2. The molecule has 1 aromatic carbocycles. The zero-order valence-electron chi connectivity index (χ0n) is 10.6. The molecular formula is C14H20ClNO. The highest BCUT2D eigenvalue weighted by Gasteiger charge is 2.23. The van der Waals surface area contributed by atoms with Crippen molar-refractivity contribution in [2.24, 2.45) is 5.73 Å². The standard InChI is InChI=1S/C14H20ClNO/c1-9-8-12-13(10(2)14(9)15)11(5-6-16)4-3-7-17-12/h8,11H,3-7,16H2,1-2H3. The summed E-state index contributed by atoms with van der Waals surface area (Å²) in [7, 11) is 0. The average molecular weight is 254 g/mol. The van der Waals surface area contributed by atoms with E-state index in [4.69, 9.17) is 22.1 Å². The lowest BCUT2D eigenvalue weighted by atomic mass is 9.87. The molecule has 0 amide bonds. The predicted molar refractivity (Wildman–Crippen MR) is 72.1 cm³/mol. The molecule has 0 bridgehead atoms. The molecule has 1 heterocycles. The van der Waals surface area contributed by atoms with Crippen molar-refractivity contribution in [2.75, 3.05) is 13.2 Å². The lowest BCUT2D eigenvalue weighted by Gasteiger charge is -2.20. The van der Waals surface area contributed by atoms with Gasteiger partial charge in [0.25, 0.3) is 0 Å². The molecule has 1 aromatic rings. The summed E-state index contributed by atoms with van der Waals surface area (Å²) in [5.41, 5.74) is 9.26. The lowest BCUT2D eigenvalue weighted by Crippen LogP contribution is -2.09. The highest BCUT2D eigenvalue weighted by Crippen LogP contribution is 2.41. The maximum absolute atomic E-state index is 6.35. The van der Waals surface area contributed by atoms with Crippen LogP contribution in [0.25, 0.3) is 0 Å². The third kappa shape index (κ3) is 2.43. The molecule has 0 aromatic heterocycles. The van der Waals surface area contributed by atoms with E-state index in [0.29, 0.717) is 5.92 Å². The van der Waals surface area contributed by atoms with Crippen LogP contribution in [-0.2, 0) is 0 Å². The third-order valence-electron chi connectivity index (χ3n) is 3.57. The summed E-state index contributed by atoms with van der Waals surface area (Å²) in [5.74, 6) is 1.51. The highest BCUT2D eigenvalue weighted by molar-refractivity contribution is 6.32. The van der Waals surface area contributed by atoms with E-state index in [1.54, 1.807) is 0 Å². The van der Waals surface area contributed by atoms with E-state index >= 15 is 0 Å². The minimum atomic E-state index is 0.496. The van der Waals surface area contributed by atoms with Crippen molar-refractivity contribution < 1.29 is 4.74 Å². The van der Waals surface area contributed by atoms with Gasteiger partial charge in [0.15, 0.2) is 0 Å². The molecule has 2 rings (SSSR count). The first-order chi connectivity index (χ1) is 8.15. The predicted octanol–water partition coefficient (Wildman–Crippen LogP) is 3.56. The highest BCUT2D eigenvalue weighted by atomic mass is 35.5. The van der Waals surface area contributed by atoms with Crippen LogP contribution in [-0.4, -0.2) is 13.2 Å². The molecular weight excluding hydrogens is 234 g/mol. The van der Waals surface area contributed by atoms with E-state index in [-0.39, 0.29) is 0 Å². The molecule has 0 radical (unpaired) electrons. The molecule has 0 saturated heterocycles. The van der Waals surface area contributed by atoms with E-state index in [0.717, 1.165) is 48.7 Å². The summed E-state index contributed by atoms with van der Waals surface area (Å²) in [4.78, 5) is 0. The van der Waals surface area contributed by atoms with Crippen molar-refractivity contribution in [1.29, 1.82) is 0 Å². The number of ether oxygens (including phenoxy) is 1. The maximum Gasteiger partial charge on any atom is 0.123 e. The van der Waals surface area contributed by atoms with Crippen LogP contribution >= 0.6 is 11.6 Å². The van der Waals surface area contributed by atoms with Crippen LogP contribution in [0.5, 0.6) is 5.75 Å². The van der Waals surface area contributed by atoms with Gasteiger partial charge in [-0.15, -0.1) is 0 Å². The quantitative estimate of drug-likeness (QED) is 0.875. The van der Waals surface area contributed by atoms with Crippen LogP contribution in [0.3, 0.4) is 0 Å². The van der Waals surface area contributed by atoms with Crippen molar-refractivity contribution >= 4 is 11.6 Å². The summed E-state index contributed by atoms with van der Waals surface area (Å²) in [6, 6.07) is 2.07. The molecule has 3 heteroatoms. The van der Waals surface area contributed by atoms with Gasteiger partial charge in [-0.3, -0.25) is 0 Å². The van der Waals surface area contributed by atoms with Crippen LogP contribution in [0.4, 0.5) is 0 Å². The topological polar surface area (TPSA) is 35.2 Å². The molecule has 2 N–H and O–H groups in total. The fraction of sp³-hybridized carbons (Fsp3) is 0.571. The fourth-order valence-corrected chi connectivity index (χ4v) is 2.87. The minimum absolute atomic E-state index is 0.496. The molecule has 1 aliphatic rings. The Balaban J connectivity index is 2.51. The molecule has 0 aliphatic carbocycles. The number of benzene rings is 1. The molecule has 0 fully saturated rings. The zero-order valence-corrected chi connectivity index (χ0v) is 11.3. The van der Waals surface area contributed by atoms with E-state index < -0.39 is 0 Å². The Kier molecular flexibility index (Phi) is 3.95. The van der Waals surface area contributed by atoms with Gasteiger partial charge < -0.3 is 10.5 Å². The number of fused-ring (bicyclic) bond motifs is 1. The van der Waals surface area contributed by atoms with Gasteiger partial charge in [0.05, 0.1) is 6.61 Å². The molecule has 1 aliphatic heterocycles. The first-order valence-electron chi connectivity index (χ1n) is 6.27. The Labute approximate surface area is 108 Å². The number of rotatable bonds is 2. The first-order valence-corrected chi connectivity index (χ1v) is 6.65. The van der Waals surface area contributed by atoms with Crippen molar-refractivity contribution in [3.8, 4) is 5.75 Å². The van der Waals surface area contributed by atoms with Crippen LogP contribution in [0.15, 0.2) is 6.07 Å². The van der Waals surface area contributed by atoms with Crippen LogP contribution < -0.4 is 10.5 Å². The van der Waals surface area contributed by atoms with Crippen LogP contribution in [0.1, 0.15) is 41.9 Å². The van der Waals surface area contributed by atoms with Gasteiger partial charge in [-0.25, -0.2) is 0 Å². The second-order valence-corrected chi connectivity index (χ2v) is 5.19. The van der Waals surface area contributed by atoms with Crippen molar-refractivity contribution in [1.82, 2.24) is 0 Å². The van der Waals surface area contributed by atoms with E-state index in [9.17, 15) is 0 Å². The van der Waals surface area contributed by atoms with Gasteiger partial charge in [0, 0.05) is 10.6 Å². The SMILES string of the molecule is Cc1cc2c(c(C)c1Cl)C(CCN)CCCO2. The van der Waals surface area contributed by atoms with Gasteiger partial charge >= 0.3 is 0 Å². The molecule has 17 heavy (non-hydrogen) atoms. The normalized spacial score (nSPS) is 19.4. The Bertz CT molecular complexity index is 417. The smallest absolute Gasteiger partial charge is 0.123 e. The van der Waals surface area contributed by atoms with Crippen LogP contribution in [0.2, 0.25) is 5.02 Å². The monoisotopic (exact) mass is 253 g/mol. The second-order valence-electron chi connectivity index (χ2n) is 4.81. The van der Waals surface area contributed by atoms with E-state index in [2.05, 4.69) is 13.0 Å². The minimum Gasteiger partial charge on any atom is -0.493 e. The third-order valence-corrected chi connectivity index (χ3v) is 4.15. The summed E-state index contributed by atoms with van der Waals surface area (Å²) in [6.07, 6.45) is 3.25. The molecule has 0 spiro atoms. The molecule has 1 unspecified atom stereocenters. The molecule has 94 valence electrons. The number of halogens is 1. The number of hydrogen-bond donors (Lipinski definition) is 1. The van der Waals surface area contributed by atoms with Gasteiger partial charge in [-0.1, -0.05) is 11.6 Å². The maximum atomic E-state index is 6.35. The summed E-state index contributed by atoms with van der Waals surface area (Å²) >= 11 is 6.35. The van der Waals surface area contributed by atoms with Gasteiger partial charge in [-0.05, 0) is 62.8 Å². The van der Waals surface area contributed by atoms with E-state index in [1.807, 2.05) is 6.92 Å². The molecule has 2 nitrogen and oxygen atoms in total. The Hall–Kier alpha value is -0.730. The lowest BCUT2D eigenvalue weighted by molar-refractivity contribution is 0.315. The largest absolute Gasteiger partial charge is 0.493 e. The summed E-state index contributed by atoms with van der Waals surface area (Å²) < 4.78 is 5.84. The molecule has 0 saturated carbocycles. The number of nitrogens with two attached hydrogens (primary N) is 1. The Morgan fingerprint density at radius 1 is 1.47 bits per heavy atom. The Morgan fingerprint density at radius 3 is 2.94 bits per heavy atom.